The number of ether oxygens (including phenoxy) is 1. The lowest BCUT2D eigenvalue weighted by atomic mass is 10.00. The second-order valence-corrected chi connectivity index (χ2v) is 7.77. The molecule has 2 aromatic carbocycles. The normalized spacial score (nSPS) is 26.7. The molecule has 1 heterocycles. The maximum Gasteiger partial charge on any atom is 0.205 e. The Morgan fingerprint density at radius 2 is 1.77 bits per heavy atom. The molecule has 1 saturated carbocycles. The van der Waals surface area contributed by atoms with Crippen molar-refractivity contribution in [3.05, 3.63) is 60.3 Å². The van der Waals surface area contributed by atoms with Gasteiger partial charge in [-0.3, -0.25) is 0 Å². The maximum atomic E-state index is 10.5. The van der Waals surface area contributed by atoms with Crippen LogP contribution in [0.2, 0.25) is 0 Å². The second kappa shape index (κ2) is 8.74. The molecule has 5 unspecified atom stereocenters. The van der Waals surface area contributed by atoms with E-state index in [2.05, 4.69) is 10.3 Å². The zero-order chi connectivity index (χ0) is 22.1. The fraction of sp³-hybridized carbons (Fsp3) is 0.364. The molecule has 4 rings (SSSR count). The number of aliphatic hydroxyl groups excluding tert-OH is 5. The van der Waals surface area contributed by atoms with E-state index in [0.29, 0.717) is 11.3 Å². The van der Waals surface area contributed by atoms with Crippen molar-refractivity contribution < 1.29 is 30.3 Å². The lowest BCUT2D eigenvalue weighted by molar-refractivity contribution is -0.127. The molecule has 9 heteroatoms. The highest BCUT2D eigenvalue weighted by Crippen LogP contribution is 2.35. The fourth-order valence-corrected chi connectivity index (χ4v) is 3.97. The Bertz CT molecular complexity index is 1030. The molecule has 164 valence electrons. The second-order valence-electron chi connectivity index (χ2n) is 7.77. The van der Waals surface area contributed by atoms with Crippen LogP contribution in [-0.4, -0.2) is 71.7 Å². The van der Waals surface area contributed by atoms with E-state index in [-0.39, 0.29) is 0 Å². The van der Waals surface area contributed by atoms with Gasteiger partial charge in [-0.25, -0.2) is 4.68 Å². The van der Waals surface area contributed by atoms with Crippen LogP contribution in [0, 0.1) is 18.8 Å². The summed E-state index contributed by atoms with van der Waals surface area (Å²) in [6.45, 7) is 1.27. The molecule has 1 aromatic heterocycles. The van der Waals surface area contributed by atoms with Gasteiger partial charge in [0.1, 0.15) is 11.4 Å². The molecule has 5 N–H and O–H groups in total. The number of hydrogen-bond acceptors (Lipinski definition) is 8. The quantitative estimate of drug-likeness (QED) is 0.353. The standard InChI is InChI=1S/C22H25N3O6/c1-12-9-14(25-10-16(23-24-25)13-5-3-2-4-6-13)7-8-17(12)31-22(30)18-19(27)15(11-26)20(28)21(18)29/h2-10,15,18-22,26-30H,11H2,1H3/t15?,18?,19-,20?,21?,22?/m1/s1. The zero-order valence-electron chi connectivity index (χ0n) is 16.9. The molecule has 6 atom stereocenters. The first-order chi connectivity index (χ1) is 14.9. The SMILES string of the molecule is Cc1cc(-n2cc(-c3ccccc3)nn2)ccc1OC(O)C1C(O)C(O)C(CO)[C@H]1O. The Labute approximate surface area is 178 Å². The minimum atomic E-state index is -1.57. The molecule has 1 aliphatic rings. The van der Waals surface area contributed by atoms with Crippen LogP contribution in [0.1, 0.15) is 5.56 Å². The predicted molar refractivity (Wildman–Crippen MR) is 110 cm³/mol. The van der Waals surface area contributed by atoms with Crippen LogP contribution >= 0.6 is 0 Å². The van der Waals surface area contributed by atoms with Crippen molar-refractivity contribution in [2.45, 2.75) is 31.5 Å². The van der Waals surface area contributed by atoms with Crippen LogP contribution in [0.25, 0.3) is 16.9 Å². The van der Waals surface area contributed by atoms with E-state index in [0.717, 1.165) is 16.9 Å². The van der Waals surface area contributed by atoms with Gasteiger partial charge >= 0.3 is 0 Å². The molecule has 31 heavy (non-hydrogen) atoms. The Morgan fingerprint density at radius 1 is 1.03 bits per heavy atom. The van der Waals surface area contributed by atoms with Crippen molar-refractivity contribution in [2.75, 3.05) is 6.61 Å². The first-order valence-electron chi connectivity index (χ1n) is 9.99. The van der Waals surface area contributed by atoms with Gasteiger partial charge < -0.3 is 30.3 Å². The Hall–Kier alpha value is -2.82. The monoisotopic (exact) mass is 427 g/mol. The van der Waals surface area contributed by atoms with Crippen LogP contribution in [-0.2, 0) is 0 Å². The first-order valence-corrected chi connectivity index (χ1v) is 9.99. The molecule has 1 fully saturated rings. The van der Waals surface area contributed by atoms with Crippen molar-refractivity contribution in [3.8, 4) is 22.7 Å². The number of aryl methyl sites for hydroxylation is 1. The number of nitrogens with zero attached hydrogens (tertiary/aromatic N) is 3. The number of hydrogen-bond donors (Lipinski definition) is 5. The molecular weight excluding hydrogens is 402 g/mol. The molecular formula is C22H25N3O6. The highest BCUT2D eigenvalue weighted by Gasteiger charge is 2.52. The number of rotatable bonds is 6. The van der Waals surface area contributed by atoms with Gasteiger partial charge in [0.15, 0.2) is 0 Å². The van der Waals surface area contributed by atoms with Gasteiger partial charge in [-0.1, -0.05) is 35.5 Å². The molecule has 0 spiro atoms. The van der Waals surface area contributed by atoms with E-state index in [1.807, 2.05) is 30.3 Å². The Balaban J connectivity index is 1.50. The largest absolute Gasteiger partial charge is 0.464 e. The summed E-state index contributed by atoms with van der Waals surface area (Å²) in [6.07, 6.45) is -3.85. The van der Waals surface area contributed by atoms with E-state index in [1.165, 1.54) is 0 Å². The van der Waals surface area contributed by atoms with Crippen LogP contribution in [0.3, 0.4) is 0 Å². The molecule has 1 aliphatic carbocycles. The van der Waals surface area contributed by atoms with E-state index in [4.69, 9.17) is 4.74 Å². The third-order valence-electron chi connectivity index (χ3n) is 5.79. The van der Waals surface area contributed by atoms with Crippen LogP contribution in [0.15, 0.2) is 54.7 Å². The average Bonchev–Trinajstić information content (AvgIpc) is 3.34. The third-order valence-corrected chi connectivity index (χ3v) is 5.79. The van der Waals surface area contributed by atoms with Gasteiger partial charge in [-0.05, 0) is 30.7 Å². The number of aromatic nitrogens is 3. The van der Waals surface area contributed by atoms with Crippen molar-refractivity contribution in [3.63, 3.8) is 0 Å². The molecule has 0 bridgehead atoms. The lowest BCUT2D eigenvalue weighted by Gasteiger charge is -2.26. The first kappa shape index (κ1) is 21.4. The van der Waals surface area contributed by atoms with Gasteiger partial charge in [-0.2, -0.15) is 0 Å². The van der Waals surface area contributed by atoms with Gasteiger partial charge in [-0.15, -0.1) is 5.10 Å². The predicted octanol–water partition coefficient (Wildman–Crippen LogP) is 0.261. The summed E-state index contributed by atoms with van der Waals surface area (Å²) in [6, 6.07) is 14.9. The van der Waals surface area contributed by atoms with Crippen molar-refractivity contribution >= 4 is 0 Å². The summed E-state index contributed by atoms with van der Waals surface area (Å²) in [4.78, 5) is 0. The molecule has 3 aromatic rings. The highest BCUT2D eigenvalue weighted by atomic mass is 16.6. The number of benzene rings is 2. The maximum absolute atomic E-state index is 10.5. The average molecular weight is 427 g/mol. The fourth-order valence-electron chi connectivity index (χ4n) is 3.97. The number of aliphatic hydroxyl groups is 5. The van der Waals surface area contributed by atoms with Crippen LogP contribution in [0.4, 0.5) is 0 Å². The van der Waals surface area contributed by atoms with Crippen molar-refractivity contribution in [1.82, 2.24) is 15.0 Å². The summed E-state index contributed by atoms with van der Waals surface area (Å²) >= 11 is 0. The molecule has 0 aliphatic heterocycles. The summed E-state index contributed by atoms with van der Waals surface area (Å²) in [7, 11) is 0. The summed E-state index contributed by atoms with van der Waals surface area (Å²) in [5, 5.41) is 58.5. The van der Waals surface area contributed by atoms with Gasteiger partial charge in [0, 0.05) is 11.5 Å². The van der Waals surface area contributed by atoms with E-state index in [1.54, 1.807) is 36.0 Å². The smallest absolute Gasteiger partial charge is 0.205 e. The van der Waals surface area contributed by atoms with Crippen LogP contribution in [0.5, 0.6) is 5.75 Å². The molecule has 0 amide bonds. The van der Waals surface area contributed by atoms with Crippen LogP contribution < -0.4 is 4.74 Å². The summed E-state index contributed by atoms with van der Waals surface area (Å²) < 4.78 is 7.20. The Morgan fingerprint density at radius 3 is 2.42 bits per heavy atom. The van der Waals surface area contributed by atoms with Crippen molar-refractivity contribution in [1.29, 1.82) is 0 Å². The van der Waals surface area contributed by atoms with Gasteiger partial charge in [0.2, 0.25) is 6.29 Å². The summed E-state index contributed by atoms with van der Waals surface area (Å²) in [5.74, 6) is -1.76. The Kier molecular flexibility index (Phi) is 6.03. The third kappa shape index (κ3) is 4.06. The van der Waals surface area contributed by atoms with Gasteiger partial charge in [0.25, 0.3) is 0 Å². The molecule has 9 nitrogen and oxygen atoms in total. The minimum Gasteiger partial charge on any atom is -0.464 e. The lowest BCUT2D eigenvalue weighted by Crippen LogP contribution is -2.40. The van der Waals surface area contributed by atoms with E-state index >= 15 is 0 Å². The summed E-state index contributed by atoms with van der Waals surface area (Å²) in [5.41, 5.74) is 3.11. The minimum absolute atomic E-state index is 0.348. The zero-order valence-corrected chi connectivity index (χ0v) is 16.9. The highest BCUT2D eigenvalue weighted by molar-refractivity contribution is 5.58. The van der Waals surface area contributed by atoms with Gasteiger partial charge in [0.05, 0.1) is 42.7 Å². The van der Waals surface area contributed by atoms with E-state index in [9.17, 15) is 25.5 Å². The van der Waals surface area contributed by atoms with Crippen molar-refractivity contribution in [2.24, 2.45) is 11.8 Å². The molecule has 0 radical (unpaired) electrons. The molecule has 0 saturated heterocycles. The topological polar surface area (TPSA) is 141 Å². The van der Waals surface area contributed by atoms with E-state index < -0.39 is 43.0 Å².